The van der Waals surface area contributed by atoms with E-state index in [4.69, 9.17) is 16.3 Å². The third kappa shape index (κ3) is 5.25. The first-order chi connectivity index (χ1) is 19.0. The fourth-order valence-corrected chi connectivity index (χ4v) is 5.35. The molecule has 3 aromatic rings. The number of ether oxygens (including phenoxy) is 1. The highest BCUT2D eigenvalue weighted by atomic mass is 35.5. The topological polar surface area (TPSA) is 82.0 Å². The van der Waals surface area contributed by atoms with E-state index in [0.717, 1.165) is 6.07 Å². The Bertz CT molecular complexity index is 1460. The number of phenolic OH excluding ortho intramolecular Hbond substituents is 1. The molecule has 0 spiro atoms. The molecule has 212 valence electrons. The lowest BCUT2D eigenvalue weighted by atomic mass is 10.0. The van der Waals surface area contributed by atoms with Gasteiger partial charge in [0.15, 0.2) is 5.82 Å². The zero-order valence-corrected chi connectivity index (χ0v) is 22.3. The summed E-state index contributed by atoms with van der Waals surface area (Å²) in [5.41, 5.74) is -1.02. The minimum atomic E-state index is -2.73. The summed E-state index contributed by atoms with van der Waals surface area (Å²) in [6, 6.07) is 4.49. The molecule has 0 unspecified atom stereocenters. The summed E-state index contributed by atoms with van der Waals surface area (Å²) < 4.78 is 62.9. The van der Waals surface area contributed by atoms with Crippen LogP contribution >= 0.6 is 11.6 Å². The van der Waals surface area contributed by atoms with E-state index in [-0.39, 0.29) is 71.5 Å². The summed E-state index contributed by atoms with van der Waals surface area (Å²) in [7, 11) is 0. The van der Waals surface area contributed by atoms with E-state index in [1.807, 2.05) is 11.8 Å². The SMILES string of the molecule is C=CC(=O)N1CCN(c2nc(OCCN3CC(F)(F)C3)nc3c(F)c(-c4c(O)cccc4F)c(Cl)cc23)[C@@H](C)C1. The molecule has 2 aliphatic heterocycles. The molecular weight excluding hydrogens is 554 g/mol. The molecule has 0 saturated carbocycles. The molecule has 40 heavy (non-hydrogen) atoms. The molecule has 2 aliphatic rings. The molecule has 2 aromatic carbocycles. The lowest BCUT2D eigenvalue weighted by Gasteiger charge is -2.40. The summed E-state index contributed by atoms with van der Waals surface area (Å²) in [6.07, 6.45) is 1.23. The predicted octanol–water partition coefficient (Wildman–Crippen LogP) is 4.49. The number of nitrogens with zero attached hydrogens (tertiary/aromatic N) is 5. The lowest BCUT2D eigenvalue weighted by molar-refractivity contribution is -0.132. The van der Waals surface area contributed by atoms with Crippen molar-refractivity contribution in [2.24, 2.45) is 0 Å². The zero-order chi connectivity index (χ0) is 28.8. The number of carbonyl (C=O) groups excluding carboxylic acids is 1. The van der Waals surface area contributed by atoms with Gasteiger partial charge in [-0.1, -0.05) is 24.2 Å². The maximum atomic E-state index is 16.1. The number of phenols is 1. The van der Waals surface area contributed by atoms with Gasteiger partial charge in [0.05, 0.1) is 23.7 Å². The van der Waals surface area contributed by atoms with Crippen LogP contribution in [0.3, 0.4) is 0 Å². The Kier molecular flexibility index (Phi) is 7.49. The van der Waals surface area contributed by atoms with Gasteiger partial charge in [0, 0.05) is 43.2 Å². The van der Waals surface area contributed by atoms with Gasteiger partial charge in [0.25, 0.3) is 5.92 Å². The highest BCUT2D eigenvalue weighted by Crippen LogP contribution is 2.43. The quantitative estimate of drug-likeness (QED) is 0.326. The number of piperazine rings is 1. The van der Waals surface area contributed by atoms with E-state index in [9.17, 15) is 23.1 Å². The molecule has 3 heterocycles. The first kappa shape index (κ1) is 27.9. The van der Waals surface area contributed by atoms with Crippen LogP contribution in [-0.4, -0.2) is 88.6 Å². The number of benzene rings is 2. The highest BCUT2D eigenvalue weighted by molar-refractivity contribution is 6.34. The number of alkyl halides is 2. The molecule has 1 aromatic heterocycles. The predicted molar refractivity (Wildman–Crippen MR) is 142 cm³/mol. The van der Waals surface area contributed by atoms with E-state index in [2.05, 4.69) is 16.5 Å². The Hall–Kier alpha value is -3.64. The fourth-order valence-electron chi connectivity index (χ4n) is 5.07. The van der Waals surface area contributed by atoms with E-state index >= 15 is 4.39 Å². The Balaban J connectivity index is 1.56. The third-order valence-electron chi connectivity index (χ3n) is 7.02. The Labute approximate surface area is 232 Å². The molecule has 1 amide bonds. The number of hydrogen-bond donors (Lipinski definition) is 1. The number of aromatic hydroxyl groups is 1. The van der Waals surface area contributed by atoms with Crippen LogP contribution in [0.25, 0.3) is 22.0 Å². The van der Waals surface area contributed by atoms with E-state index in [0.29, 0.717) is 19.6 Å². The van der Waals surface area contributed by atoms with Crippen LogP contribution in [0.2, 0.25) is 5.02 Å². The van der Waals surface area contributed by atoms with Crippen molar-refractivity contribution in [3.8, 4) is 22.9 Å². The molecule has 8 nitrogen and oxygen atoms in total. The second kappa shape index (κ2) is 10.7. The Morgan fingerprint density at radius 1 is 1.25 bits per heavy atom. The number of rotatable bonds is 7. The van der Waals surface area contributed by atoms with Crippen molar-refractivity contribution in [3.05, 3.63) is 53.6 Å². The molecule has 0 aliphatic carbocycles. The van der Waals surface area contributed by atoms with Crippen molar-refractivity contribution in [1.29, 1.82) is 0 Å². The third-order valence-corrected chi connectivity index (χ3v) is 7.32. The number of carbonyl (C=O) groups is 1. The lowest BCUT2D eigenvalue weighted by Crippen LogP contribution is -2.57. The molecule has 0 bridgehead atoms. The van der Waals surface area contributed by atoms with Gasteiger partial charge in [-0.05, 0) is 31.2 Å². The average molecular weight is 580 g/mol. The van der Waals surface area contributed by atoms with Gasteiger partial charge < -0.3 is 19.6 Å². The average Bonchev–Trinajstić information content (AvgIpc) is 2.88. The van der Waals surface area contributed by atoms with Gasteiger partial charge in [0.2, 0.25) is 5.91 Å². The summed E-state index contributed by atoms with van der Waals surface area (Å²) in [6.45, 7) is 5.80. The maximum absolute atomic E-state index is 16.1. The number of amides is 1. The highest BCUT2D eigenvalue weighted by Gasteiger charge is 2.43. The van der Waals surface area contributed by atoms with Crippen molar-refractivity contribution in [3.63, 3.8) is 0 Å². The van der Waals surface area contributed by atoms with Gasteiger partial charge in [-0.25, -0.2) is 17.6 Å². The monoisotopic (exact) mass is 579 g/mol. The van der Waals surface area contributed by atoms with Crippen molar-refractivity contribution in [2.75, 3.05) is 50.8 Å². The zero-order valence-electron chi connectivity index (χ0n) is 21.5. The van der Waals surface area contributed by atoms with Gasteiger partial charge in [0.1, 0.15) is 29.5 Å². The first-order valence-corrected chi connectivity index (χ1v) is 13.0. The van der Waals surface area contributed by atoms with Gasteiger partial charge in [-0.2, -0.15) is 9.97 Å². The normalized spacial score (nSPS) is 19.0. The largest absolute Gasteiger partial charge is 0.507 e. The minimum Gasteiger partial charge on any atom is -0.507 e. The molecular formula is C27H26ClF4N5O3. The van der Waals surface area contributed by atoms with Crippen LogP contribution < -0.4 is 9.64 Å². The van der Waals surface area contributed by atoms with Crippen LogP contribution in [-0.2, 0) is 4.79 Å². The number of anilines is 1. The summed E-state index contributed by atoms with van der Waals surface area (Å²) in [5.74, 6) is -5.05. The van der Waals surface area contributed by atoms with E-state index < -0.39 is 28.9 Å². The molecule has 2 saturated heterocycles. The van der Waals surface area contributed by atoms with Crippen LogP contribution in [0, 0.1) is 11.6 Å². The minimum absolute atomic E-state index is 0.0334. The molecule has 2 fully saturated rings. The van der Waals surface area contributed by atoms with Gasteiger partial charge in [-0.15, -0.1) is 0 Å². The summed E-state index contributed by atoms with van der Waals surface area (Å²) in [4.78, 5) is 25.9. The number of aromatic nitrogens is 2. The Morgan fingerprint density at radius 3 is 2.65 bits per heavy atom. The number of fused-ring (bicyclic) bond motifs is 1. The van der Waals surface area contributed by atoms with E-state index in [1.165, 1.54) is 29.2 Å². The molecule has 13 heteroatoms. The van der Waals surface area contributed by atoms with Gasteiger partial charge >= 0.3 is 6.01 Å². The first-order valence-electron chi connectivity index (χ1n) is 12.6. The van der Waals surface area contributed by atoms with Crippen molar-refractivity contribution in [1.82, 2.24) is 19.8 Å². The molecule has 1 atom stereocenters. The second-order valence-electron chi connectivity index (χ2n) is 9.85. The smallest absolute Gasteiger partial charge is 0.319 e. The number of likely N-dealkylation sites (tertiary alicyclic amines) is 1. The second-order valence-corrected chi connectivity index (χ2v) is 10.3. The summed E-state index contributed by atoms with van der Waals surface area (Å²) in [5, 5.41) is 10.4. The van der Waals surface area contributed by atoms with Crippen LogP contribution in [0.1, 0.15) is 6.92 Å². The van der Waals surface area contributed by atoms with Crippen LogP contribution in [0.5, 0.6) is 11.8 Å². The van der Waals surface area contributed by atoms with Gasteiger partial charge in [-0.3, -0.25) is 9.69 Å². The molecule has 5 rings (SSSR count). The molecule has 0 radical (unpaired) electrons. The fraction of sp³-hybridized carbons (Fsp3) is 0.370. The number of hydrogen-bond acceptors (Lipinski definition) is 7. The maximum Gasteiger partial charge on any atom is 0.319 e. The van der Waals surface area contributed by atoms with Crippen LogP contribution in [0.15, 0.2) is 36.9 Å². The summed E-state index contributed by atoms with van der Waals surface area (Å²) >= 11 is 6.47. The van der Waals surface area contributed by atoms with E-state index in [1.54, 1.807) is 4.90 Å². The Morgan fingerprint density at radius 2 is 2.00 bits per heavy atom. The number of halogens is 5. The van der Waals surface area contributed by atoms with Crippen molar-refractivity contribution in [2.45, 2.75) is 18.9 Å². The molecule has 1 N–H and O–H groups in total. The standard InChI is InChI=1S/C27H26ClF4N5O3/c1-3-20(39)36-7-8-37(15(2)12-36)25-16-11-17(28)21(22-18(29)5-4-6-19(22)38)23(30)24(16)33-26(34-25)40-10-9-35-13-27(31,32)14-35/h3-6,11,15,38H,1,7-10,12-14H2,2H3/t15-/m0/s1. The van der Waals surface area contributed by atoms with Crippen molar-refractivity contribution >= 4 is 34.2 Å². The van der Waals surface area contributed by atoms with Crippen LogP contribution in [0.4, 0.5) is 23.4 Å². The van der Waals surface area contributed by atoms with Crippen molar-refractivity contribution < 1.29 is 32.2 Å².